The summed E-state index contributed by atoms with van der Waals surface area (Å²) in [5.74, 6) is 0.439. The van der Waals surface area contributed by atoms with Gasteiger partial charge in [-0.15, -0.1) is 0 Å². The molecule has 0 fully saturated rings. The molecule has 2 N–H and O–H groups in total. The second kappa shape index (κ2) is 7.20. The third-order valence-electron chi connectivity index (χ3n) is 2.71. The molecule has 0 atom stereocenters. The van der Waals surface area contributed by atoms with Crippen LogP contribution in [-0.4, -0.2) is 25.7 Å². The van der Waals surface area contributed by atoms with Crippen molar-refractivity contribution < 1.29 is 18.1 Å². The lowest BCUT2D eigenvalue weighted by atomic mass is 10.2. The summed E-state index contributed by atoms with van der Waals surface area (Å²) in [5, 5.41) is 15.5. The molecular formula is C12H18N2O5S. The van der Waals surface area contributed by atoms with Crippen LogP contribution in [0.3, 0.4) is 0 Å². The SMILES string of the molecule is Cc1ccc([N+](=O)[O-])cc1OCCCCCS(N)(=O)=O. The summed E-state index contributed by atoms with van der Waals surface area (Å²) >= 11 is 0. The van der Waals surface area contributed by atoms with E-state index in [2.05, 4.69) is 0 Å². The number of sulfonamides is 1. The maximum absolute atomic E-state index is 10.7. The molecule has 0 unspecified atom stereocenters. The third-order valence-corrected chi connectivity index (χ3v) is 3.57. The summed E-state index contributed by atoms with van der Waals surface area (Å²) in [6.45, 7) is 2.19. The van der Waals surface area contributed by atoms with Gasteiger partial charge in [-0.1, -0.05) is 0 Å². The van der Waals surface area contributed by atoms with Crippen molar-refractivity contribution >= 4 is 15.7 Å². The van der Waals surface area contributed by atoms with E-state index in [1.807, 2.05) is 0 Å². The highest BCUT2D eigenvalue weighted by atomic mass is 32.2. The Labute approximate surface area is 117 Å². The number of nitrogens with two attached hydrogens (primary N) is 1. The van der Waals surface area contributed by atoms with Crippen molar-refractivity contribution in [2.45, 2.75) is 26.2 Å². The van der Waals surface area contributed by atoms with Crippen LogP contribution in [0.4, 0.5) is 5.69 Å². The van der Waals surface area contributed by atoms with E-state index in [0.29, 0.717) is 31.6 Å². The number of hydrogen-bond acceptors (Lipinski definition) is 5. The van der Waals surface area contributed by atoms with Crippen LogP contribution in [-0.2, 0) is 10.0 Å². The Balaban J connectivity index is 2.38. The first-order valence-corrected chi connectivity index (χ1v) is 7.89. The number of ether oxygens (including phenoxy) is 1. The van der Waals surface area contributed by atoms with Crippen LogP contribution in [0.15, 0.2) is 18.2 Å². The van der Waals surface area contributed by atoms with Crippen molar-refractivity contribution in [3.63, 3.8) is 0 Å². The average molecular weight is 302 g/mol. The molecule has 1 aromatic carbocycles. The minimum atomic E-state index is -3.40. The molecule has 0 saturated carbocycles. The highest BCUT2D eigenvalue weighted by molar-refractivity contribution is 7.89. The number of unbranched alkanes of at least 4 members (excludes halogenated alkanes) is 2. The normalized spacial score (nSPS) is 11.3. The molecule has 0 spiro atoms. The number of rotatable bonds is 8. The molecule has 0 aliphatic carbocycles. The van der Waals surface area contributed by atoms with E-state index in [9.17, 15) is 18.5 Å². The molecule has 0 radical (unpaired) electrons. The summed E-state index contributed by atoms with van der Waals surface area (Å²) in [7, 11) is -3.40. The molecule has 8 heteroatoms. The highest BCUT2D eigenvalue weighted by Gasteiger charge is 2.09. The fourth-order valence-corrected chi connectivity index (χ4v) is 2.23. The zero-order valence-corrected chi connectivity index (χ0v) is 12.1. The van der Waals surface area contributed by atoms with Gasteiger partial charge in [-0.2, -0.15) is 0 Å². The number of benzene rings is 1. The molecule has 0 heterocycles. The Hall–Kier alpha value is -1.67. The van der Waals surface area contributed by atoms with Crippen LogP contribution >= 0.6 is 0 Å². The lowest BCUT2D eigenvalue weighted by Crippen LogP contribution is -2.16. The van der Waals surface area contributed by atoms with Crippen LogP contribution in [0.5, 0.6) is 5.75 Å². The van der Waals surface area contributed by atoms with E-state index < -0.39 is 14.9 Å². The van der Waals surface area contributed by atoms with Crippen molar-refractivity contribution in [2.24, 2.45) is 5.14 Å². The molecule has 1 aromatic rings. The topological polar surface area (TPSA) is 113 Å². The van der Waals surface area contributed by atoms with Crippen molar-refractivity contribution in [1.82, 2.24) is 0 Å². The van der Waals surface area contributed by atoms with Crippen LogP contribution in [0, 0.1) is 17.0 Å². The summed E-state index contributed by atoms with van der Waals surface area (Å²) in [6, 6.07) is 4.45. The molecule has 0 saturated heterocycles. The fourth-order valence-electron chi connectivity index (χ4n) is 1.62. The Morgan fingerprint density at radius 2 is 2.00 bits per heavy atom. The maximum atomic E-state index is 10.7. The van der Waals surface area contributed by atoms with Gasteiger partial charge in [0.25, 0.3) is 5.69 Å². The molecule has 7 nitrogen and oxygen atoms in total. The lowest BCUT2D eigenvalue weighted by Gasteiger charge is -2.08. The molecule has 0 aliphatic heterocycles. The second-order valence-corrected chi connectivity index (χ2v) is 6.22. The molecular weight excluding hydrogens is 284 g/mol. The highest BCUT2D eigenvalue weighted by Crippen LogP contribution is 2.24. The first kappa shape index (κ1) is 16.4. The Morgan fingerprint density at radius 1 is 1.30 bits per heavy atom. The fraction of sp³-hybridized carbons (Fsp3) is 0.500. The number of primary sulfonamides is 1. The second-order valence-electron chi connectivity index (χ2n) is 4.48. The first-order valence-electron chi connectivity index (χ1n) is 6.18. The molecule has 0 aliphatic rings. The van der Waals surface area contributed by atoms with Crippen molar-refractivity contribution in [2.75, 3.05) is 12.4 Å². The third kappa shape index (κ3) is 5.98. The van der Waals surface area contributed by atoms with Crippen molar-refractivity contribution in [1.29, 1.82) is 0 Å². The van der Waals surface area contributed by atoms with Gasteiger partial charge in [-0.05, 0) is 37.8 Å². The first-order chi connectivity index (χ1) is 9.29. The average Bonchev–Trinajstić information content (AvgIpc) is 2.34. The van der Waals surface area contributed by atoms with E-state index >= 15 is 0 Å². The zero-order valence-electron chi connectivity index (χ0n) is 11.2. The van der Waals surface area contributed by atoms with Gasteiger partial charge in [0.15, 0.2) is 0 Å². The molecule has 0 amide bonds. The zero-order chi connectivity index (χ0) is 15.2. The van der Waals surface area contributed by atoms with E-state index in [1.165, 1.54) is 12.1 Å². The lowest BCUT2D eigenvalue weighted by molar-refractivity contribution is -0.384. The Morgan fingerprint density at radius 3 is 2.60 bits per heavy atom. The Kier molecular flexibility index (Phi) is 5.90. The van der Waals surface area contributed by atoms with Crippen LogP contribution in [0.1, 0.15) is 24.8 Å². The predicted molar refractivity (Wildman–Crippen MR) is 75.2 cm³/mol. The number of nitrogens with zero attached hydrogens (tertiary/aromatic N) is 1. The maximum Gasteiger partial charge on any atom is 0.273 e. The van der Waals surface area contributed by atoms with Gasteiger partial charge in [-0.25, -0.2) is 13.6 Å². The van der Waals surface area contributed by atoms with Gasteiger partial charge >= 0.3 is 0 Å². The standard InChI is InChI=1S/C12H18N2O5S/c1-10-5-6-11(14(15)16)9-12(10)19-7-3-2-4-8-20(13,17)18/h5-6,9H,2-4,7-8H2,1H3,(H2,13,17,18). The van der Waals surface area contributed by atoms with Crippen molar-refractivity contribution in [3.05, 3.63) is 33.9 Å². The number of hydrogen-bond donors (Lipinski definition) is 1. The monoisotopic (exact) mass is 302 g/mol. The van der Waals surface area contributed by atoms with Gasteiger partial charge < -0.3 is 4.74 Å². The van der Waals surface area contributed by atoms with Gasteiger partial charge in [0.2, 0.25) is 10.0 Å². The van der Waals surface area contributed by atoms with Gasteiger partial charge in [0.05, 0.1) is 23.3 Å². The Bertz CT molecular complexity index is 571. The largest absolute Gasteiger partial charge is 0.493 e. The van der Waals surface area contributed by atoms with Crippen LogP contribution in [0.2, 0.25) is 0 Å². The number of nitro benzene ring substituents is 1. The quantitative estimate of drug-likeness (QED) is 0.446. The number of non-ortho nitro benzene ring substituents is 1. The summed E-state index contributed by atoms with van der Waals surface area (Å²) in [5.41, 5.74) is 0.806. The minimum Gasteiger partial charge on any atom is -0.493 e. The number of nitro groups is 1. The van der Waals surface area contributed by atoms with E-state index in [0.717, 1.165) is 5.56 Å². The smallest absolute Gasteiger partial charge is 0.273 e. The van der Waals surface area contributed by atoms with Gasteiger partial charge in [-0.3, -0.25) is 10.1 Å². The summed E-state index contributed by atoms with van der Waals surface area (Å²) in [4.78, 5) is 10.2. The van der Waals surface area contributed by atoms with E-state index in [-0.39, 0.29) is 11.4 Å². The number of aryl methyl sites for hydroxylation is 1. The van der Waals surface area contributed by atoms with Crippen molar-refractivity contribution in [3.8, 4) is 5.75 Å². The van der Waals surface area contributed by atoms with E-state index in [4.69, 9.17) is 9.88 Å². The molecule has 0 aromatic heterocycles. The van der Waals surface area contributed by atoms with Crippen LogP contribution in [0.25, 0.3) is 0 Å². The predicted octanol–water partition coefficient (Wildman–Crippen LogP) is 1.74. The molecule has 20 heavy (non-hydrogen) atoms. The van der Waals surface area contributed by atoms with Crippen LogP contribution < -0.4 is 9.88 Å². The van der Waals surface area contributed by atoms with E-state index in [1.54, 1.807) is 13.0 Å². The minimum absolute atomic E-state index is 0.0141. The summed E-state index contributed by atoms with van der Waals surface area (Å²) < 4.78 is 26.9. The van der Waals surface area contributed by atoms with Gasteiger partial charge in [0.1, 0.15) is 5.75 Å². The molecule has 1 rings (SSSR count). The summed E-state index contributed by atoms with van der Waals surface area (Å²) in [6.07, 6.45) is 1.82. The molecule has 0 bridgehead atoms. The molecule has 112 valence electrons. The van der Waals surface area contributed by atoms with Gasteiger partial charge in [0, 0.05) is 6.07 Å².